The van der Waals surface area contributed by atoms with Gasteiger partial charge in [0.2, 0.25) is 0 Å². The zero-order valence-corrected chi connectivity index (χ0v) is 9.24. The first-order valence-electron chi connectivity index (χ1n) is 5.27. The third-order valence-corrected chi connectivity index (χ3v) is 1.86. The Balaban J connectivity index is 3.01. The van der Waals surface area contributed by atoms with E-state index < -0.39 is 0 Å². The molecule has 12 heavy (non-hydrogen) atoms. The summed E-state index contributed by atoms with van der Waals surface area (Å²) < 4.78 is 0. The lowest BCUT2D eigenvalue weighted by molar-refractivity contribution is 0.377. The molecule has 0 bridgehead atoms. The van der Waals surface area contributed by atoms with Crippen molar-refractivity contribution in [3.8, 4) is 0 Å². The third kappa shape index (κ3) is 9.96. The van der Waals surface area contributed by atoms with E-state index in [1.165, 1.54) is 32.2 Å². The normalized spacial score (nSPS) is 12.0. The zero-order chi connectivity index (χ0) is 9.45. The van der Waals surface area contributed by atoms with E-state index in [4.69, 9.17) is 0 Å². The molecule has 0 aliphatic heterocycles. The molecule has 0 aromatic rings. The molecule has 0 aliphatic carbocycles. The molecular weight excluding hydrogens is 146 g/mol. The van der Waals surface area contributed by atoms with Gasteiger partial charge in [-0.25, -0.2) is 0 Å². The van der Waals surface area contributed by atoms with E-state index in [1.54, 1.807) is 0 Å². The summed E-state index contributed by atoms with van der Waals surface area (Å²) in [4.78, 5) is 0. The fourth-order valence-corrected chi connectivity index (χ4v) is 1.14. The average Bonchev–Trinajstić information content (AvgIpc) is 1.94. The van der Waals surface area contributed by atoms with Crippen LogP contribution in [-0.2, 0) is 0 Å². The van der Waals surface area contributed by atoms with Gasteiger partial charge in [-0.3, -0.25) is 0 Å². The summed E-state index contributed by atoms with van der Waals surface area (Å²) in [5, 5.41) is 3.48. The first-order chi connectivity index (χ1) is 5.56. The second-order valence-corrected chi connectivity index (χ2v) is 4.80. The minimum atomic E-state index is 0.435. The van der Waals surface area contributed by atoms with Crippen LogP contribution in [0.15, 0.2) is 0 Å². The molecule has 0 rings (SSSR count). The van der Waals surface area contributed by atoms with Crippen molar-refractivity contribution >= 4 is 0 Å². The Kier molecular flexibility index (Phi) is 6.45. The minimum Gasteiger partial charge on any atom is -0.316 e. The van der Waals surface area contributed by atoms with E-state index >= 15 is 0 Å². The van der Waals surface area contributed by atoms with E-state index in [0.717, 1.165) is 6.54 Å². The van der Waals surface area contributed by atoms with E-state index in [9.17, 15) is 0 Å². The smallest absolute Gasteiger partial charge is 0.0000126 e. The molecule has 0 aliphatic rings. The van der Waals surface area contributed by atoms with Crippen molar-refractivity contribution in [1.29, 1.82) is 0 Å². The lowest BCUT2D eigenvalue weighted by Crippen LogP contribution is -2.27. The molecule has 0 unspecified atom stereocenters. The fraction of sp³-hybridized carbons (Fsp3) is 1.00. The molecule has 0 aromatic carbocycles. The zero-order valence-electron chi connectivity index (χ0n) is 9.24. The van der Waals surface area contributed by atoms with Crippen LogP contribution >= 0.6 is 0 Å². The Morgan fingerprint density at radius 1 is 1.00 bits per heavy atom. The number of unbranched alkanes of at least 4 members (excludes halogenated alkanes) is 3. The highest BCUT2D eigenvalue weighted by atomic mass is 14.9. The summed E-state index contributed by atoms with van der Waals surface area (Å²) in [6.45, 7) is 11.4. The molecule has 0 fully saturated rings. The Hall–Kier alpha value is -0.0400. The van der Waals surface area contributed by atoms with Gasteiger partial charge in [0.15, 0.2) is 0 Å². The van der Waals surface area contributed by atoms with Crippen LogP contribution in [0.3, 0.4) is 0 Å². The molecule has 0 amide bonds. The Labute approximate surface area is 77.9 Å². The monoisotopic (exact) mass is 171 g/mol. The first-order valence-corrected chi connectivity index (χ1v) is 5.27. The molecule has 0 saturated carbocycles. The fourth-order valence-electron chi connectivity index (χ4n) is 1.14. The maximum absolute atomic E-state index is 3.48. The molecule has 1 nitrogen and oxygen atoms in total. The van der Waals surface area contributed by atoms with Gasteiger partial charge in [-0.05, 0) is 24.9 Å². The van der Waals surface area contributed by atoms with Crippen LogP contribution in [0.1, 0.15) is 53.4 Å². The summed E-state index contributed by atoms with van der Waals surface area (Å²) in [7, 11) is 0. The Morgan fingerprint density at radius 3 is 2.17 bits per heavy atom. The molecule has 74 valence electrons. The summed E-state index contributed by atoms with van der Waals surface area (Å²) in [5.74, 6) is 0. The van der Waals surface area contributed by atoms with E-state index in [0.29, 0.717) is 5.41 Å². The molecule has 0 radical (unpaired) electrons. The molecule has 1 N–H and O–H groups in total. The third-order valence-electron chi connectivity index (χ3n) is 1.86. The van der Waals surface area contributed by atoms with Gasteiger partial charge in [-0.2, -0.15) is 0 Å². The van der Waals surface area contributed by atoms with Gasteiger partial charge in [0, 0.05) is 0 Å². The van der Waals surface area contributed by atoms with Gasteiger partial charge >= 0.3 is 0 Å². The van der Waals surface area contributed by atoms with E-state index in [1.807, 2.05) is 0 Å². The van der Waals surface area contributed by atoms with Crippen LogP contribution in [0.5, 0.6) is 0 Å². The van der Waals surface area contributed by atoms with Gasteiger partial charge < -0.3 is 5.32 Å². The van der Waals surface area contributed by atoms with Crippen LogP contribution in [0.25, 0.3) is 0 Å². The van der Waals surface area contributed by atoms with Crippen LogP contribution in [0.4, 0.5) is 0 Å². The second kappa shape index (κ2) is 6.47. The largest absolute Gasteiger partial charge is 0.316 e. The lowest BCUT2D eigenvalue weighted by Gasteiger charge is -2.18. The predicted octanol–water partition coefficient (Wildman–Crippen LogP) is 3.20. The number of nitrogens with one attached hydrogen (secondary N) is 1. The lowest BCUT2D eigenvalue weighted by atomic mass is 9.97. The molecule has 0 heterocycles. The maximum atomic E-state index is 3.48. The number of hydrogen-bond donors (Lipinski definition) is 1. The van der Waals surface area contributed by atoms with Gasteiger partial charge in [0.05, 0.1) is 0 Å². The average molecular weight is 171 g/mol. The molecule has 0 atom stereocenters. The highest BCUT2D eigenvalue weighted by Crippen LogP contribution is 2.10. The molecule has 0 spiro atoms. The Morgan fingerprint density at radius 2 is 1.67 bits per heavy atom. The van der Waals surface area contributed by atoms with Crippen molar-refractivity contribution in [1.82, 2.24) is 5.32 Å². The van der Waals surface area contributed by atoms with Crippen LogP contribution in [-0.4, -0.2) is 13.1 Å². The topological polar surface area (TPSA) is 12.0 Å². The standard InChI is InChI=1S/C11H25N/c1-5-6-7-8-9-12-10-11(2,3)4/h12H,5-10H2,1-4H3. The first kappa shape index (κ1) is 12.0. The van der Waals surface area contributed by atoms with Crippen LogP contribution < -0.4 is 5.32 Å². The van der Waals surface area contributed by atoms with Crippen molar-refractivity contribution < 1.29 is 0 Å². The van der Waals surface area contributed by atoms with Gasteiger partial charge in [-0.15, -0.1) is 0 Å². The summed E-state index contributed by atoms with van der Waals surface area (Å²) in [6, 6.07) is 0. The molecular formula is C11H25N. The highest BCUT2D eigenvalue weighted by molar-refractivity contribution is 4.64. The molecule has 1 heteroatoms. The van der Waals surface area contributed by atoms with Crippen molar-refractivity contribution in [3.63, 3.8) is 0 Å². The van der Waals surface area contributed by atoms with Gasteiger partial charge in [0.25, 0.3) is 0 Å². The summed E-state index contributed by atoms with van der Waals surface area (Å²) in [5.41, 5.74) is 0.435. The van der Waals surface area contributed by atoms with Crippen LogP contribution in [0, 0.1) is 5.41 Å². The van der Waals surface area contributed by atoms with Crippen molar-refractivity contribution in [2.45, 2.75) is 53.4 Å². The molecule has 0 saturated heterocycles. The quantitative estimate of drug-likeness (QED) is 0.605. The van der Waals surface area contributed by atoms with E-state index in [-0.39, 0.29) is 0 Å². The number of hydrogen-bond acceptors (Lipinski definition) is 1. The predicted molar refractivity (Wildman–Crippen MR) is 56.5 cm³/mol. The van der Waals surface area contributed by atoms with Crippen molar-refractivity contribution in [3.05, 3.63) is 0 Å². The highest BCUT2D eigenvalue weighted by Gasteiger charge is 2.07. The SMILES string of the molecule is CCCCCCNCC(C)(C)C. The second-order valence-electron chi connectivity index (χ2n) is 4.80. The van der Waals surface area contributed by atoms with Crippen LogP contribution in [0.2, 0.25) is 0 Å². The Bertz CT molecular complexity index is 91.7. The van der Waals surface area contributed by atoms with Crippen molar-refractivity contribution in [2.24, 2.45) is 5.41 Å². The van der Waals surface area contributed by atoms with Gasteiger partial charge in [-0.1, -0.05) is 47.0 Å². The van der Waals surface area contributed by atoms with E-state index in [2.05, 4.69) is 33.0 Å². The molecule has 0 aromatic heterocycles. The summed E-state index contributed by atoms with van der Waals surface area (Å²) >= 11 is 0. The summed E-state index contributed by atoms with van der Waals surface area (Å²) in [6.07, 6.45) is 5.44. The van der Waals surface area contributed by atoms with Gasteiger partial charge in [0.1, 0.15) is 0 Å². The maximum Gasteiger partial charge on any atom is -0.0000126 e. The van der Waals surface area contributed by atoms with Crippen molar-refractivity contribution in [2.75, 3.05) is 13.1 Å². The minimum absolute atomic E-state index is 0.435. The number of rotatable bonds is 6.